The van der Waals surface area contributed by atoms with Gasteiger partial charge in [0.05, 0.1) is 12.0 Å². The molecule has 0 aliphatic heterocycles. The number of aryl methyl sites for hydroxylation is 1. The second-order valence-corrected chi connectivity index (χ2v) is 9.55. The number of ether oxygens (including phenoxy) is 1. The van der Waals surface area contributed by atoms with E-state index in [1.54, 1.807) is 6.07 Å². The number of hydrogen-bond donors (Lipinski definition) is 0. The van der Waals surface area contributed by atoms with Gasteiger partial charge in [0.15, 0.2) is 0 Å². The number of unbranched alkanes of at least 4 members (excludes halogenated alkanes) is 11. The first kappa shape index (κ1) is 28.4. The van der Waals surface area contributed by atoms with Gasteiger partial charge in [-0.25, -0.2) is 8.42 Å². The van der Waals surface area contributed by atoms with Crippen LogP contribution in [0.15, 0.2) is 35.2 Å². The first-order chi connectivity index (χ1) is 14.5. The summed E-state index contributed by atoms with van der Waals surface area (Å²) in [4.78, 5) is -0.278. The summed E-state index contributed by atoms with van der Waals surface area (Å²) in [7, 11) is -3.16. The topological polar surface area (TPSA) is 66.4 Å². The van der Waals surface area contributed by atoms with Crippen molar-refractivity contribution in [3.8, 4) is 5.75 Å². The Labute approximate surface area is 211 Å². The van der Waals surface area contributed by atoms with Crippen molar-refractivity contribution in [3.63, 3.8) is 0 Å². The van der Waals surface area contributed by atoms with Crippen molar-refractivity contribution in [2.24, 2.45) is 0 Å². The molecule has 0 atom stereocenters. The van der Waals surface area contributed by atoms with Crippen molar-refractivity contribution in [2.45, 2.75) is 95.3 Å². The SMILES string of the molecule is CCCCCCCCCCCCCCc1cccc2ccc(S(=O)(=O)[O-])c(OC)c12.[Na+]. The summed E-state index contributed by atoms with van der Waals surface area (Å²) in [5, 5.41) is 1.65. The van der Waals surface area contributed by atoms with Crippen LogP contribution in [0.3, 0.4) is 0 Å². The summed E-state index contributed by atoms with van der Waals surface area (Å²) in [5.41, 5.74) is 1.04. The maximum absolute atomic E-state index is 11.6. The van der Waals surface area contributed by atoms with Gasteiger partial charge in [-0.2, -0.15) is 0 Å². The molecule has 0 N–H and O–H groups in total. The van der Waals surface area contributed by atoms with Crippen LogP contribution in [0.25, 0.3) is 10.8 Å². The van der Waals surface area contributed by atoms with Gasteiger partial charge in [0, 0.05) is 5.39 Å². The van der Waals surface area contributed by atoms with E-state index in [2.05, 4.69) is 6.92 Å². The van der Waals surface area contributed by atoms with Crippen molar-refractivity contribution in [1.29, 1.82) is 0 Å². The van der Waals surface area contributed by atoms with Crippen molar-refractivity contribution >= 4 is 20.9 Å². The minimum absolute atomic E-state index is 0. The molecule has 0 unspecified atom stereocenters. The molecule has 4 nitrogen and oxygen atoms in total. The van der Waals surface area contributed by atoms with Crippen molar-refractivity contribution in [3.05, 3.63) is 35.9 Å². The predicted octanol–water partition coefficient (Wildman–Crippen LogP) is 4.00. The molecule has 0 saturated carbocycles. The monoisotopic (exact) mass is 456 g/mol. The van der Waals surface area contributed by atoms with Crippen LogP contribution in [0.5, 0.6) is 5.75 Å². The van der Waals surface area contributed by atoms with Crippen LogP contribution in [-0.2, 0) is 16.5 Å². The van der Waals surface area contributed by atoms with Crippen molar-refractivity contribution in [1.82, 2.24) is 0 Å². The Morgan fingerprint density at radius 1 is 0.806 bits per heavy atom. The van der Waals surface area contributed by atoms with E-state index in [0.29, 0.717) is 0 Å². The molecule has 2 rings (SSSR count). The van der Waals surface area contributed by atoms with Gasteiger partial charge in [0.2, 0.25) is 0 Å². The Morgan fingerprint density at radius 3 is 1.87 bits per heavy atom. The third-order valence-corrected chi connectivity index (χ3v) is 6.68. The molecule has 0 aliphatic rings. The second kappa shape index (κ2) is 15.3. The fraction of sp³-hybridized carbons (Fsp3) is 0.600. The zero-order chi connectivity index (χ0) is 21.8. The van der Waals surface area contributed by atoms with Gasteiger partial charge < -0.3 is 9.29 Å². The van der Waals surface area contributed by atoms with Gasteiger partial charge in [0.1, 0.15) is 15.9 Å². The van der Waals surface area contributed by atoms with Crippen LogP contribution >= 0.6 is 0 Å². The largest absolute Gasteiger partial charge is 1.00 e. The van der Waals surface area contributed by atoms with Gasteiger partial charge in [-0.1, -0.05) is 102 Å². The molecule has 0 radical (unpaired) electrons. The Hall–Kier alpha value is -0.590. The molecule has 0 saturated heterocycles. The Bertz CT molecular complexity index is 880. The molecular formula is C25H37NaO4S. The van der Waals surface area contributed by atoms with Gasteiger partial charge in [0.25, 0.3) is 0 Å². The molecule has 0 amide bonds. The third kappa shape index (κ3) is 9.43. The molecule has 0 fully saturated rings. The van der Waals surface area contributed by atoms with Gasteiger partial charge in [-0.15, -0.1) is 0 Å². The number of rotatable bonds is 15. The average molecular weight is 457 g/mol. The standard InChI is InChI=1S/C25H38O4S.Na/c1-3-4-5-6-7-8-9-10-11-12-13-14-16-21-17-15-18-22-19-20-23(30(26,27)28)25(29-2)24(21)22;/h15,17-20H,3-14,16H2,1-2H3,(H,26,27,28);/q;+1/p-1. The number of fused-ring (bicyclic) bond motifs is 1. The Morgan fingerprint density at radius 2 is 1.35 bits per heavy atom. The molecule has 0 aromatic heterocycles. The van der Waals surface area contributed by atoms with Gasteiger partial charge in [-0.05, 0) is 29.9 Å². The maximum atomic E-state index is 11.6. The van der Waals surface area contributed by atoms with Crippen molar-refractivity contribution < 1.29 is 47.3 Å². The minimum Gasteiger partial charge on any atom is -0.744 e. The van der Waals surface area contributed by atoms with Crippen LogP contribution in [-0.4, -0.2) is 20.1 Å². The normalized spacial score (nSPS) is 11.5. The molecule has 2 aromatic carbocycles. The quantitative estimate of drug-likeness (QED) is 0.231. The first-order valence-corrected chi connectivity index (χ1v) is 12.9. The van der Waals surface area contributed by atoms with Crippen molar-refractivity contribution in [2.75, 3.05) is 7.11 Å². The summed E-state index contributed by atoms with van der Waals surface area (Å²) >= 11 is 0. The van der Waals surface area contributed by atoms with Crippen LogP contribution in [0.4, 0.5) is 0 Å². The number of benzene rings is 2. The van der Waals surface area contributed by atoms with E-state index in [-0.39, 0.29) is 40.2 Å². The maximum Gasteiger partial charge on any atom is 1.00 e. The number of methoxy groups -OCH3 is 1. The minimum atomic E-state index is -4.58. The van der Waals surface area contributed by atoms with E-state index < -0.39 is 10.1 Å². The van der Waals surface area contributed by atoms with E-state index in [1.165, 1.54) is 77.4 Å². The molecule has 2 aromatic rings. The Kier molecular flexibility index (Phi) is 14.0. The second-order valence-electron chi connectivity index (χ2n) is 8.21. The van der Waals surface area contributed by atoms with Crippen LogP contribution in [0.1, 0.15) is 89.5 Å². The first-order valence-electron chi connectivity index (χ1n) is 11.5. The molecule has 0 aliphatic carbocycles. The molecule has 0 bridgehead atoms. The summed E-state index contributed by atoms with van der Waals surface area (Å²) < 4.78 is 40.2. The van der Waals surface area contributed by atoms with Gasteiger partial charge >= 0.3 is 29.6 Å². The van der Waals surface area contributed by atoms with Gasteiger partial charge in [-0.3, -0.25) is 0 Å². The fourth-order valence-electron chi connectivity index (χ4n) is 4.16. The predicted molar refractivity (Wildman–Crippen MR) is 123 cm³/mol. The summed E-state index contributed by atoms with van der Waals surface area (Å²) in [6.07, 6.45) is 16.4. The molecule has 168 valence electrons. The zero-order valence-corrected chi connectivity index (χ0v) is 22.4. The molecule has 6 heteroatoms. The van der Waals surface area contributed by atoms with E-state index in [1.807, 2.05) is 18.2 Å². The van der Waals surface area contributed by atoms with E-state index in [0.717, 1.165) is 35.6 Å². The molecular weight excluding hydrogens is 419 g/mol. The summed E-state index contributed by atoms with van der Waals surface area (Å²) in [6, 6.07) is 8.93. The fourth-order valence-corrected chi connectivity index (χ4v) is 4.81. The third-order valence-electron chi connectivity index (χ3n) is 5.82. The Balaban J connectivity index is 0.00000480. The zero-order valence-electron chi connectivity index (χ0n) is 19.6. The van der Waals surface area contributed by atoms with E-state index >= 15 is 0 Å². The van der Waals surface area contributed by atoms with Crippen LogP contribution in [0.2, 0.25) is 0 Å². The van der Waals surface area contributed by atoms with E-state index in [4.69, 9.17) is 4.74 Å². The van der Waals surface area contributed by atoms with Crippen LogP contribution < -0.4 is 34.3 Å². The molecule has 0 spiro atoms. The number of hydrogen-bond acceptors (Lipinski definition) is 4. The molecule has 0 heterocycles. The summed E-state index contributed by atoms with van der Waals surface area (Å²) in [6.45, 7) is 2.25. The average Bonchev–Trinajstić information content (AvgIpc) is 2.73. The van der Waals surface area contributed by atoms with Crippen LogP contribution in [0, 0.1) is 0 Å². The van der Waals surface area contributed by atoms with E-state index in [9.17, 15) is 13.0 Å². The smallest absolute Gasteiger partial charge is 0.744 e. The molecule has 31 heavy (non-hydrogen) atoms. The summed E-state index contributed by atoms with van der Waals surface area (Å²) in [5.74, 6) is 0.178.